The second-order valence-corrected chi connectivity index (χ2v) is 2.25. The Morgan fingerprint density at radius 3 is 2.56 bits per heavy atom. The summed E-state index contributed by atoms with van der Waals surface area (Å²) in [6.07, 6.45) is -1.39. The summed E-state index contributed by atoms with van der Waals surface area (Å²) in [5.41, 5.74) is 0. The molecule has 0 unspecified atom stereocenters. The highest BCUT2D eigenvalue weighted by Crippen LogP contribution is 2.18. The highest BCUT2D eigenvalue weighted by Gasteiger charge is 2.34. The van der Waals surface area contributed by atoms with E-state index in [-0.39, 0.29) is 18.8 Å². The molecule has 0 amide bonds. The molecule has 0 N–H and O–H groups in total. The zero-order chi connectivity index (χ0) is 6.85. The normalized spacial score (nSPS) is 43.7. The van der Waals surface area contributed by atoms with Crippen LogP contribution in [0.2, 0.25) is 0 Å². The Labute approximate surface area is 54.0 Å². The molecule has 1 heterocycles. The fourth-order valence-corrected chi connectivity index (χ4v) is 1.07. The lowest BCUT2D eigenvalue weighted by atomic mass is 10.2. The molecule has 0 spiro atoms. The molecule has 0 aromatic carbocycles. The number of ether oxygens (including phenoxy) is 2. The Hall–Kier alpha value is -0.150. The van der Waals surface area contributed by atoms with Crippen LogP contribution in [0.3, 0.4) is 0 Å². The lowest BCUT2D eigenvalue weighted by Gasteiger charge is -2.12. The van der Waals surface area contributed by atoms with E-state index in [4.69, 9.17) is 9.47 Å². The van der Waals surface area contributed by atoms with Crippen molar-refractivity contribution in [2.24, 2.45) is 0 Å². The Kier molecular flexibility index (Phi) is 2.03. The molecule has 0 aromatic rings. The summed E-state index contributed by atoms with van der Waals surface area (Å²) < 4.78 is 22.4. The monoisotopic (exact) mass is 134 g/mol. The van der Waals surface area contributed by atoms with Gasteiger partial charge in [-0.25, -0.2) is 4.39 Å². The lowest BCUT2D eigenvalue weighted by molar-refractivity contribution is 0.0145. The van der Waals surface area contributed by atoms with Crippen LogP contribution < -0.4 is 0 Å². The van der Waals surface area contributed by atoms with Crippen LogP contribution >= 0.6 is 0 Å². The SMILES string of the molecule is CO[C@H]1[C@@H](F)CO[C@@H]1C. The van der Waals surface area contributed by atoms with Gasteiger partial charge in [0.15, 0.2) is 6.17 Å². The van der Waals surface area contributed by atoms with Crippen LogP contribution in [-0.2, 0) is 9.47 Å². The van der Waals surface area contributed by atoms with Crippen molar-refractivity contribution >= 4 is 0 Å². The average Bonchev–Trinajstić information content (AvgIpc) is 2.12. The van der Waals surface area contributed by atoms with Gasteiger partial charge in [-0.15, -0.1) is 0 Å². The molecule has 0 bridgehead atoms. The third-order valence-corrected chi connectivity index (χ3v) is 1.61. The van der Waals surface area contributed by atoms with Gasteiger partial charge >= 0.3 is 0 Å². The van der Waals surface area contributed by atoms with Crippen LogP contribution in [-0.4, -0.2) is 32.1 Å². The molecule has 54 valence electrons. The van der Waals surface area contributed by atoms with Crippen LogP contribution in [0.1, 0.15) is 6.92 Å². The number of alkyl halides is 1. The number of rotatable bonds is 1. The van der Waals surface area contributed by atoms with Crippen molar-refractivity contribution in [2.75, 3.05) is 13.7 Å². The van der Waals surface area contributed by atoms with Gasteiger partial charge in [0, 0.05) is 7.11 Å². The Morgan fingerprint density at radius 1 is 1.67 bits per heavy atom. The zero-order valence-electron chi connectivity index (χ0n) is 5.63. The minimum Gasteiger partial charge on any atom is -0.376 e. The number of methoxy groups -OCH3 is 1. The Bertz CT molecular complexity index is 87.1. The zero-order valence-corrected chi connectivity index (χ0v) is 5.63. The molecule has 1 saturated heterocycles. The smallest absolute Gasteiger partial charge is 0.152 e. The minimum absolute atomic E-state index is 0.0926. The fourth-order valence-electron chi connectivity index (χ4n) is 1.07. The molecule has 0 saturated carbocycles. The molecule has 1 aliphatic rings. The van der Waals surface area contributed by atoms with E-state index >= 15 is 0 Å². The molecular formula is C6H11FO2. The van der Waals surface area contributed by atoms with Crippen molar-refractivity contribution in [3.05, 3.63) is 0 Å². The van der Waals surface area contributed by atoms with E-state index in [0.717, 1.165) is 0 Å². The predicted molar refractivity (Wildman–Crippen MR) is 31.1 cm³/mol. The van der Waals surface area contributed by atoms with Crippen molar-refractivity contribution in [3.63, 3.8) is 0 Å². The first-order chi connectivity index (χ1) is 4.25. The van der Waals surface area contributed by atoms with Crippen LogP contribution in [0.25, 0.3) is 0 Å². The molecule has 0 aromatic heterocycles. The van der Waals surface area contributed by atoms with Crippen LogP contribution in [0, 0.1) is 0 Å². The first-order valence-electron chi connectivity index (χ1n) is 3.04. The summed E-state index contributed by atoms with van der Waals surface area (Å²) in [5.74, 6) is 0. The van der Waals surface area contributed by atoms with Crippen LogP contribution in [0.5, 0.6) is 0 Å². The van der Waals surface area contributed by atoms with Crippen molar-refractivity contribution in [1.82, 2.24) is 0 Å². The molecular weight excluding hydrogens is 123 g/mol. The Morgan fingerprint density at radius 2 is 2.33 bits per heavy atom. The quantitative estimate of drug-likeness (QED) is 0.527. The van der Waals surface area contributed by atoms with Crippen molar-refractivity contribution in [2.45, 2.75) is 25.3 Å². The van der Waals surface area contributed by atoms with Crippen molar-refractivity contribution < 1.29 is 13.9 Å². The van der Waals surface area contributed by atoms with Gasteiger partial charge in [-0.05, 0) is 6.92 Å². The van der Waals surface area contributed by atoms with Gasteiger partial charge in [0.1, 0.15) is 6.10 Å². The summed E-state index contributed by atoms with van der Waals surface area (Å²) in [6.45, 7) is 1.99. The second kappa shape index (κ2) is 2.62. The van der Waals surface area contributed by atoms with Crippen molar-refractivity contribution in [1.29, 1.82) is 0 Å². The maximum Gasteiger partial charge on any atom is 0.152 e. The molecule has 1 aliphatic heterocycles. The molecule has 9 heavy (non-hydrogen) atoms. The molecule has 3 atom stereocenters. The van der Waals surface area contributed by atoms with Crippen LogP contribution in [0.4, 0.5) is 4.39 Å². The first kappa shape index (κ1) is 6.96. The van der Waals surface area contributed by atoms with E-state index in [9.17, 15) is 4.39 Å². The van der Waals surface area contributed by atoms with Gasteiger partial charge in [-0.3, -0.25) is 0 Å². The summed E-state index contributed by atoms with van der Waals surface area (Å²) in [7, 11) is 1.50. The largest absolute Gasteiger partial charge is 0.376 e. The topological polar surface area (TPSA) is 18.5 Å². The van der Waals surface area contributed by atoms with Crippen LogP contribution in [0.15, 0.2) is 0 Å². The van der Waals surface area contributed by atoms with Gasteiger partial charge in [-0.2, -0.15) is 0 Å². The highest BCUT2D eigenvalue weighted by atomic mass is 19.1. The third-order valence-electron chi connectivity index (χ3n) is 1.61. The molecule has 2 nitrogen and oxygen atoms in total. The fraction of sp³-hybridized carbons (Fsp3) is 1.00. The summed E-state index contributed by atoms with van der Waals surface area (Å²) >= 11 is 0. The summed E-state index contributed by atoms with van der Waals surface area (Å²) in [6, 6.07) is 0. The summed E-state index contributed by atoms with van der Waals surface area (Å²) in [5, 5.41) is 0. The number of hydrogen-bond acceptors (Lipinski definition) is 2. The minimum atomic E-state index is -0.940. The van der Waals surface area contributed by atoms with Gasteiger partial charge in [0.25, 0.3) is 0 Å². The average molecular weight is 134 g/mol. The van der Waals surface area contributed by atoms with E-state index in [1.54, 1.807) is 0 Å². The number of halogens is 1. The first-order valence-corrected chi connectivity index (χ1v) is 3.04. The van der Waals surface area contributed by atoms with Gasteiger partial charge in [-0.1, -0.05) is 0 Å². The standard InChI is InChI=1S/C6H11FO2/c1-4-6(8-2)5(7)3-9-4/h4-6H,3H2,1-2H3/t4-,5+,6-/m1/s1. The van der Waals surface area contributed by atoms with E-state index in [2.05, 4.69) is 0 Å². The maximum absolute atomic E-state index is 12.6. The van der Waals surface area contributed by atoms with Crippen molar-refractivity contribution in [3.8, 4) is 0 Å². The molecule has 0 radical (unpaired) electrons. The van der Waals surface area contributed by atoms with Gasteiger partial charge in [0.05, 0.1) is 12.7 Å². The second-order valence-electron chi connectivity index (χ2n) is 2.25. The third kappa shape index (κ3) is 1.22. The predicted octanol–water partition coefficient (Wildman–Crippen LogP) is 0.758. The van der Waals surface area contributed by atoms with Gasteiger partial charge < -0.3 is 9.47 Å². The molecule has 0 aliphatic carbocycles. The summed E-state index contributed by atoms with van der Waals surface area (Å²) in [4.78, 5) is 0. The number of hydrogen-bond donors (Lipinski definition) is 0. The molecule has 3 heteroatoms. The lowest BCUT2D eigenvalue weighted by Crippen LogP contribution is -2.27. The van der Waals surface area contributed by atoms with E-state index in [1.807, 2.05) is 6.92 Å². The Balaban J connectivity index is 2.44. The highest BCUT2D eigenvalue weighted by molar-refractivity contribution is 4.81. The molecule has 1 fully saturated rings. The van der Waals surface area contributed by atoms with Gasteiger partial charge in [0.2, 0.25) is 0 Å². The van der Waals surface area contributed by atoms with E-state index in [0.29, 0.717) is 0 Å². The maximum atomic E-state index is 12.6. The van der Waals surface area contributed by atoms with E-state index < -0.39 is 6.17 Å². The van der Waals surface area contributed by atoms with E-state index in [1.165, 1.54) is 7.11 Å². The molecule has 1 rings (SSSR count).